The van der Waals surface area contributed by atoms with Crippen molar-refractivity contribution in [2.45, 2.75) is 88.8 Å². The normalized spacial score (nSPS) is 47.2. The SMILES string of the molecule is C=C1C[C@H]2CCC[C@@H](C1)N2C1C[C@H]2CCC[C@@H](C1)C2. The predicted molar refractivity (Wildman–Crippen MR) is 80.1 cm³/mol. The average molecular weight is 259 g/mol. The van der Waals surface area contributed by atoms with Crippen LogP contribution in [0.4, 0.5) is 0 Å². The van der Waals surface area contributed by atoms with Crippen molar-refractivity contribution in [2.24, 2.45) is 11.8 Å². The van der Waals surface area contributed by atoms with Crippen molar-refractivity contribution >= 4 is 0 Å². The molecule has 2 aliphatic carbocycles. The van der Waals surface area contributed by atoms with E-state index in [-0.39, 0.29) is 0 Å². The molecule has 4 rings (SSSR count). The van der Waals surface area contributed by atoms with E-state index in [1.54, 1.807) is 12.0 Å². The van der Waals surface area contributed by atoms with Crippen molar-refractivity contribution in [3.63, 3.8) is 0 Å². The molecule has 5 atom stereocenters. The first-order valence-electron chi connectivity index (χ1n) is 8.73. The molecule has 1 heteroatoms. The van der Waals surface area contributed by atoms with E-state index in [0.717, 1.165) is 30.0 Å². The molecule has 0 N–H and O–H groups in total. The van der Waals surface area contributed by atoms with Crippen LogP contribution < -0.4 is 0 Å². The maximum absolute atomic E-state index is 4.31. The molecule has 4 fully saturated rings. The fourth-order valence-corrected chi connectivity index (χ4v) is 5.89. The highest BCUT2D eigenvalue weighted by Gasteiger charge is 2.42. The molecule has 0 aromatic heterocycles. The number of nitrogens with zero attached hydrogens (tertiary/aromatic N) is 1. The van der Waals surface area contributed by atoms with Crippen LogP contribution in [0.5, 0.6) is 0 Å². The second kappa shape index (κ2) is 4.91. The second-order valence-corrected chi connectivity index (χ2v) is 7.87. The van der Waals surface area contributed by atoms with Crippen molar-refractivity contribution in [1.82, 2.24) is 4.90 Å². The Hall–Kier alpha value is -0.300. The average Bonchev–Trinajstić information content (AvgIpc) is 2.37. The van der Waals surface area contributed by atoms with E-state index < -0.39 is 0 Å². The summed E-state index contributed by atoms with van der Waals surface area (Å²) in [6.07, 6.45) is 16.2. The van der Waals surface area contributed by atoms with Gasteiger partial charge >= 0.3 is 0 Å². The van der Waals surface area contributed by atoms with Crippen LogP contribution in [0.15, 0.2) is 12.2 Å². The molecule has 2 aliphatic heterocycles. The number of piperidine rings is 2. The summed E-state index contributed by atoms with van der Waals surface area (Å²) < 4.78 is 0. The summed E-state index contributed by atoms with van der Waals surface area (Å²) in [5, 5.41) is 0. The first kappa shape index (κ1) is 12.4. The summed E-state index contributed by atoms with van der Waals surface area (Å²) in [6.45, 7) is 4.31. The molecule has 1 nitrogen and oxygen atoms in total. The van der Waals surface area contributed by atoms with Gasteiger partial charge in [-0.1, -0.05) is 37.8 Å². The molecule has 0 radical (unpaired) electrons. The number of hydrogen-bond donors (Lipinski definition) is 0. The first-order valence-corrected chi connectivity index (χ1v) is 8.73. The minimum absolute atomic E-state index is 0.865. The third-order valence-electron chi connectivity index (χ3n) is 6.49. The third kappa shape index (κ3) is 2.28. The van der Waals surface area contributed by atoms with E-state index in [2.05, 4.69) is 11.5 Å². The lowest BCUT2D eigenvalue weighted by Gasteiger charge is -2.54. The molecular formula is C18H29N. The standard InChI is InChI=1S/C18H29N/c1-13-8-16-6-3-7-17(9-13)19(16)18-11-14-4-2-5-15(10-14)12-18/h14-18H,1-12H2/t14-,15+,16-,17+,18?. The molecule has 2 saturated heterocycles. The van der Waals surface area contributed by atoms with Crippen LogP contribution in [0, 0.1) is 11.8 Å². The Bertz CT molecular complexity index is 333. The first-order chi connectivity index (χ1) is 9.29. The largest absolute Gasteiger partial charge is 0.294 e. The van der Waals surface area contributed by atoms with E-state index in [9.17, 15) is 0 Å². The number of rotatable bonds is 1. The van der Waals surface area contributed by atoms with E-state index in [1.807, 2.05) is 0 Å². The van der Waals surface area contributed by atoms with Gasteiger partial charge in [-0.25, -0.2) is 0 Å². The Morgan fingerprint density at radius 1 is 0.737 bits per heavy atom. The minimum atomic E-state index is 0.865. The number of fused-ring (bicyclic) bond motifs is 4. The Kier molecular flexibility index (Phi) is 3.22. The van der Waals surface area contributed by atoms with E-state index in [0.29, 0.717) is 0 Å². The molecule has 2 saturated carbocycles. The van der Waals surface area contributed by atoms with Crippen molar-refractivity contribution in [3.05, 3.63) is 12.2 Å². The molecule has 19 heavy (non-hydrogen) atoms. The second-order valence-electron chi connectivity index (χ2n) is 7.87. The Morgan fingerprint density at radius 2 is 1.32 bits per heavy atom. The molecule has 0 aromatic carbocycles. The molecule has 0 aromatic rings. The maximum atomic E-state index is 4.31. The van der Waals surface area contributed by atoms with Crippen LogP contribution in [-0.2, 0) is 0 Å². The molecule has 4 bridgehead atoms. The fraction of sp³-hybridized carbons (Fsp3) is 0.889. The summed E-state index contributed by atoms with van der Waals surface area (Å²) >= 11 is 0. The van der Waals surface area contributed by atoms with Gasteiger partial charge in [-0.3, -0.25) is 4.90 Å². The topological polar surface area (TPSA) is 3.24 Å². The predicted octanol–water partition coefficient (Wildman–Crippen LogP) is 4.53. The minimum Gasteiger partial charge on any atom is -0.294 e. The smallest absolute Gasteiger partial charge is 0.0138 e. The zero-order valence-electron chi connectivity index (χ0n) is 12.3. The van der Waals surface area contributed by atoms with Gasteiger partial charge in [0.1, 0.15) is 0 Å². The zero-order chi connectivity index (χ0) is 12.8. The number of hydrogen-bond acceptors (Lipinski definition) is 1. The summed E-state index contributed by atoms with van der Waals surface area (Å²) in [4.78, 5) is 3.00. The van der Waals surface area contributed by atoms with Crippen molar-refractivity contribution in [3.8, 4) is 0 Å². The van der Waals surface area contributed by atoms with Gasteiger partial charge in [0, 0.05) is 18.1 Å². The van der Waals surface area contributed by atoms with Crippen molar-refractivity contribution < 1.29 is 0 Å². The molecule has 4 aliphatic rings. The third-order valence-corrected chi connectivity index (χ3v) is 6.49. The van der Waals surface area contributed by atoms with Gasteiger partial charge in [0.25, 0.3) is 0 Å². The van der Waals surface area contributed by atoms with Gasteiger partial charge in [0.05, 0.1) is 0 Å². The Labute approximate surface area is 118 Å². The highest BCUT2D eigenvalue weighted by molar-refractivity contribution is 5.10. The van der Waals surface area contributed by atoms with Gasteiger partial charge in [-0.2, -0.15) is 0 Å². The quantitative estimate of drug-likeness (QED) is 0.625. The highest BCUT2D eigenvalue weighted by atomic mass is 15.2. The molecular weight excluding hydrogens is 230 g/mol. The van der Waals surface area contributed by atoms with Crippen LogP contribution in [0.3, 0.4) is 0 Å². The van der Waals surface area contributed by atoms with E-state index in [1.165, 1.54) is 64.2 Å². The van der Waals surface area contributed by atoms with Crippen molar-refractivity contribution in [1.29, 1.82) is 0 Å². The molecule has 0 spiro atoms. The lowest BCUT2D eigenvalue weighted by atomic mass is 9.68. The van der Waals surface area contributed by atoms with Gasteiger partial charge in [-0.05, 0) is 56.8 Å². The molecule has 0 amide bonds. The fourth-order valence-electron chi connectivity index (χ4n) is 5.89. The van der Waals surface area contributed by atoms with E-state index in [4.69, 9.17) is 0 Å². The molecule has 2 heterocycles. The summed E-state index contributed by atoms with van der Waals surface area (Å²) in [7, 11) is 0. The van der Waals surface area contributed by atoms with Gasteiger partial charge < -0.3 is 0 Å². The molecule has 106 valence electrons. The molecule has 1 unspecified atom stereocenters. The lowest BCUT2D eigenvalue weighted by Crippen LogP contribution is -2.56. The zero-order valence-corrected chi connectivity index (χ0v) is 12.3. The lowest BCUT2D eigenvalue weighted by molar-refractivity contribution is -0.0228. The van der Waals surface area contributed by atoms with Crippen LogP contribution in [0.25, 0.3) is 0 Å². The highest BCUT2D eigenvalue weighted by Crippen LogP contribution is 2.46. The van der Waals surface area contributed by atoms with Gasteiger partial charge in [0.2, 0.25) is 0 Å². The van der Waals surface area contributed by atoms with Crippen LogP contribution >= 0.6 is 0 Å². The summed E-state index contributed by atoms with van der Waals surface area (Å²) in [5.74, 6) is 2.15. The van der Waals surface area contributed by atoms with Gasteiger partial charge in [-0.15, -0.1) is 0 Å². The Morgan fingerprint density at radius 3 is 1.95 bits per heavy atom. The van der Waals surface area contributed by atoms with E-state index >= 15 is 0 Å². The summed E-state index contributed by atoms with van der Waals surface area (Å²) in [5.41, 5.74) is 1.54. The van der Waals surface area contributed by atoms with Crippen LogP contribution in [-0.4, -0.2) is 23.0 Å². The monoisotopic (exact) mass is 259 g/mol. The van der Waals surface area contributed by atoms with Gasteiger partial charge in [0.15, 0.2) is 0 Å². The Balaban J connectivity index is 1.53. The van der Waals surface area contributed by atoms with Crippen LogP contribution in [0.1, 0.15) is 70.6 Å². The summed E-state index contributed by atoms with van der Waals surface area (Å²) in [6, 6.07) is 2.67. The van der Waals surface area contributed by atoms with Crippen molar-refractivity contribution in [2.75, 3.05) is 0 Å². The van der Waals surface area contributed by atoms with Crippen LogP contribution in [0.2, 0.25) is 0 Å². The maximum Gasteiger partial charge on any atom is 0.0138 e.